The van der Waals surface area contributed by atoms with Crippen molar-refractivity contribution in [2.24, 2.45) is 7.05 Å². The summed E-state index contributed by atoms with van der Waals surface area (Å²) in [5, 5.41) is 0. The van der Waals surface area contributed by atoms with Gasteiger partial charge in [-0.3, -0.25) is 4.57 Å². The van der Waals surface area contributed by atoms with Crippen LogP contribution in [-0.4, -0.2) is 9.55 Å². The normalized spacial score (nSPS) is 11.7. The van der Waals surface area contributed by atoms with Gasteiger partial charge in [-0.2, -0.15) is 4.40 Å². The van der Waals surface area contributed by atoms with Gasteiger partial charge in [0.2, 0.25) is 11.2 Å². The molecule has 0 bridgehead atoms. The zero-order valence-electron chi connectivity index (χ0n) is 9.69. The van der Waals surface area contributed by atoms with Crippen LogP contribution in [0.3, 0.4) is 0 Å². The minimum atomic E-state index is 0.705. The minimum absolute atomic E-state index is 0.705. The maximum Gasteiger partial charge on any atom is 0.314 e. The van der Waals surface area contributed by atoms with E-state index < -0.39 is 0 Å². The largest absolute Gasteiger partial charge is 0.423 e. The highest BCUT2D eigenvalue weighted by Gasteiger charge is 2.17. The molecule has 3 aromatic heterocycles. The molecular weight excluding hydrogens is 202 g/mol. The third-order valence-electron chi connectivity index (χ3n) is 3.02. The third-order valence-corrected chi connectivity index (χ3v) is 3.02. The molecule has 3 rings (SSSR count). The summed E-state index contributed by atoms with van der Waals surface area (Å²) >= 11 is 0. The number of nitrogens with zero attached hydrogens (tertiary/aromatic N) is 3. The van der Waals surface area contributed by atoms with Crippen molar-refractivity contribution < 1.29 is 8.82 Å². The van der Waals surface area contributed by atoms with Gasteiger partial charge in [-0.15, -0.1) is 0 Å². The van der Waals surface area contributed by atoms with Gasteiger partial charge < -0.3 is 4.42 Å². The van der Waals surface area contributed by atoms with Crippen molar-refractivity contribution in [3.63, 3.8) is 0 Å². The molecule has 0 atom stereocenters. The number of hydrogen-bond donors (Lipinski definition) is 0. The number of fused-ring (bicyclic) bond motifs is 3. The Morgan fingerprint density at radius 1 is 1.44 bits per heavy atom. The predicted molar refractivity (Wildman–Crippen MR) is 60.3 cm³/mol. The Bertz CT molecular complexity index is 678. The zero-order valence-corrected chi connectivity index (χ0v) is 9.69. The van der Waals surface area contributed by atoms with Crippen LogP contribution in [0.2, 0.25) is 0 Å². The molecule has 0 spiro atoms. The molecule has 3 aromatic rings. The summed E-state index contributed by atoms with van der Waals surface area (Å²) in [7, 11) is 2.08. The van der Waals surface area contributed by atoms with Crippen LogP contribution in [0.25, 0.3) is 16.9 Å². The Balaban J connectivity index is 2.50. The fourth-order valence-corrected chi connectivity index (χ4v) is 2.16. The smallest absolute Gasteiger partial charge is 0.314 e. The maximum atomic E-state index is 5.52. The van der Waals surface area contributed by atoms with Gasteiger partial charge in [0.25, 0.3) is 5.89 Å². The molecule has 0 saturated carbocycles. The average molecular weight is 216 g/mol. The fourth-order valence-electron chi connectivity index (χ4n) is 2.16. The number of aromatic nitrogens is 3. The van der Waals surface area contributed by atoms with E-state index in [4.69, 9.17) is 4.42 Å². The van der Waals surface area contributed by atoms with Crippen LogP contribution < -0.4 is 4.40 Å². The molecule has 0 fully saturated rings. The van der Waals surface area contributed by atoms with Gasteiger partial charge in [-0.25, -0.2) is 0 Å². The van der Waals surface area contributed by atoms with Crippen molar-refractivity contribution in [3.05, 3.63) is 29.9 Å². The summed E-state index contributed by atoms with van der Waals surface area (Å²) in [6.45, 7) is 4.02. The molecule has 0 unspecified atom stereocenters. The van der Waals surface area contributed by atoms with Crippen molar-refractivity contribution in [1.82, 2.24) is 9.55 Å². The van der Waals surface area contributed by atoms with Crippen LogP contribution in [0.1, 0.15) is 18.5 Å². The first-order valence-electron chi connectivity index (χ1n) is 5.47. The second kappa shape index (κ2) is 3.07. The summed E-state index contributed by atoms with van der Waals surface area (Å²) in [5.74, 6) is 0.705. The summed E-state index contributed by atoms with van der Waals surface area (Å²) in [5.41, 5.74) is 4.15. The second-order valence-corrected chi connectivity index (χ2v) is 4.02. The molecule has 16 heavy (non-hydrogen) atoms. The number of imidazole rings is 1. The van der Waals surface area contributed by atoms with E-state index in [1.165, 1.54) is 5.69 Å². The lowest BCUT2D eigenvalue weighted by atomic mass is 10.4. The SMILES string of the molecule is CCc1c[n+]2c3nc(C)oc3ccc2n1C. The minimum Gasteiger partial charge on any atom is -0.423 e. The number of oxazole rings is 1. The Kier molecular flexibility index (Phi) is 1.80. The predicted octanol–water partition coefficient (Wildman–Crippen LogP) is 1.78. The van der Waals surface area contributed by atoms with E-state index in [9.17, 15) is 0 Å². The molecule has 82 valence electrons. The molecule has 0 aliphatic rings. The van der Waals surface area contributed by atoms with Crippen molar-refractivity contribution >= 4 is 16.9 Å². The first kappa shape index (κ1) is 9.39. The molecule has 0 radical (unpaired) electrons. The van der Waals surface area contributed by atoms with Crippen LogP contribution in [0.4, 0.5) is 0 Å². The van der Waals surface area contributed by atoms with Gasteiger partial charge in [-0.1, -0.05) is 11.9 Å². The van der Waals surface area contributed by atoms with Crippen molar-refractivity contribution in [1.29, 1.82) is 0 Å². The van der Waals surface area contributed by atoms with Crippen molar-refractivity contribution in [2.75, 3.05) is 0 Å². The van der Waals surface area contributed by atoms with E-state index in [1.807, 2.05) is 13.0 Å². The quantitative estimate of drug-likeness (QED) is 0.581. The molecule has 4 nitrogen and oxygen atoms in total. The monoisotopic (exact) mass is 216 g/mol. The van der Waals surface area contributed by atoms with E-state index in [0.717, 1.165) is 23.3 Å². The van der Waals surface area contributed by atoms with Crippen molar-refractivity contribution in [3.8, 4) is 0 Å². The number of hydrogen-bond acceptors (Lipinski definition) is 2. The lowest BCUT2D eigenvalue weighted by Gasteiger charge is -1.92. The van der Waals surface area contributed by atoms with Gasteiger partial charge in [-0.05, 0) is 6.07 Å². The molecule has 0 amide bonds. The molecular formula is C12H14N3O+. The van der Waals surface area contributed by atoms with Crippen LogP contribution >= 0.6 is 0 Å². The fraction of sp³-hybridized carbons (Fsp3) is 0.333. The second-order valence-electron chi connectivity index (χ2n) is 4.02. The Morgan fingerprint density at radius 2 is 2.25 bits per heavy atom. The highest BCUT2D eigenvalue weighted by Crippen LogP contribution is 2.14. The molecule has 3 heterocycles. The molecule has 0 N–H and O–H groups in total. The van der Waals surface area contributed by atoms with Gasteiger partial charge in [0.1, 0.15) is 11.9 Å². The Morgan fingerprint density at radius 3 is 3.00 bits per heavy atom. The van der Waals surface area contributed by atoms with Gasteiger partial charge in [0.15, 0.2) is 0 Å². The molecule has 0 saturated heterocycles. The number of pyridine rings is 1. The summed E-state index contributed by atoms with van der Waals surface area (Å²) in [6.07, 6.45) is 3.14. The van der Waals surface area contributed by atoms with E-state index in [0.29, 0.717) is 5.89 Å². The number of aryl methyl sites for hydroxylation is 3. The van der Waals surface area contributed by atoms with E-state index in [2.05, 4.69) is 40.2 Å². The lowest BCUT2D eigenvalue weighted by molar-refractivity contribution is -0.483. The van der Waals surface area contributed by atoms with E-state index >= 15 is 0 Å². The van der Waals surface area contributed by atoms with Crippen molar-refractivity contribution in [2.45, 2.75) is 20.3 Å². The highest BCUT2D eigenvalue weighted by molar-refractivity contribution is 5.66. The summed E-state index contributed by atoms with van der Waals surface area (Å²) in [4.78, 5) is 4.41. The molecule has 4 heteroatoms. The standard InChI is InChI=1S/C12H14N3O/c1-4-9-7-15-11(14(9)3)6-5-10-12(15)13-8(2)16-10/h5-7H,4H2,1-3H3/q+1. The van der Waals surface area contributed by atoms with Crippen LogP contribution in [-0.2, 0) is 13.5 Å². The highest BCUT2D eigenvalue weighted by atomic mass is 16.3. The average Bonchev–Trinajstić information content (AvgIpc) is 2.78. The lowest BCUT2D eigenvalue weighted by Crippen LogP contribution is -2.20. The summed E-state index contributed by atoms with van der Waals surface area (Å²) < 4.78 is 9.79. The Hall–Kier alpha value is -1.84. The first-order valence-corrected chi connectivity index (χ1v) is 5.47. The van der Waals surface area contributed by atoms with Crippen LogP contribution in [0.15, 0.2) is 22.7 Å². The topological polar surface area (TPSA) is 35.1 Å². The van der Waals surface area contributed by atoms with Crippen LogP contribution in [0.5, 0.6) is 0 Å². The van der Waals surface area contributed by atoms with Gasteiger partial charge in [0.05, 0.1) is 7.05 Å². The zero-order chi connectivity index (χ0) is 11.3. The van der Waals surface area contributed by atoms with E-state index in [1.54, 1.807) is 0 Å². The van der Waals surface area contributed by atoms with Gasteiger partial charge in [0, 0.05) is 19.4 Å². The molecule has 0 aliphatic carbocycles. The van der Waals surface area contributed by atoms with Crippen LogP contribution in [0, 0.1) is 6.92 Å². The Labute approximate surface area is 93.1 Å². The van der Waals surface area contributed by atoms with E-state index in [-0.39, 0.29) is 0 Å². The maximum absolute atomic E-state index is 5.52. The molecule has 0 aromatic carbocycles. The first-order chi connectivity index (χ1) is 7.70. The summed E-state index contributed by atoms with van der Waals surface area (Å²) in [6, 6.07) is 4.04. The molecule has 0 aliphatic heterocycles. The number of rotatable bonds is 1. The van der Waals surface area contributed by atoms with Gasteiger partial charge >= 0.3 is 5.65 Å². The third kappa shape index (κ3) is 1.10.